The van der Waals surface area contributed by atoms with Gasteiger partial charge in [-0.15, -0.1) is 12.0 Å². The van der Waals surface area contributed by atoms with Gasteiger partial charge in [0, 0.05) is 61.2 Å². The van der Waals surface area contributed by atoms with Crippen LogP contribution in [0.1, 0.15) is 51.0 Å². The average Bonchev–Trinajstić information content (AvgIpc) is 3.11. The first-order valence-corrected chi connectivity index (χ1v) is 14.6. The number of benzene rings is 2. The third kappa shape index (κ3) is 22.4. The zero-order valence-corrected chi connectivity index (χ0v) is 28.5. The molecule has 0 radical (unpaired) electrons. The SMILES string of the molecule is C#CC#CC#CC#CC#CC#CC#CC#CC#CC#CC.CC(C)(O)CN1CC(=Cc2ccc(C(=O)Nc3ccccc3N)cc2)C1.O=O.[HH].[HH].[HH].[HH].[HH].[HH].[HH].[HH].[HH].[HH].[N-]=[N+]=N. The van der Waals surface area contributed by atoms with Gasteiger partial charge in [-0.3, -0.25) is 9.69 Å². The third-order valence-corrected chi connectivity index (χ3v) is 5.41. The number of hydrogen-bond acceptors (Lipinski definition) is 7. The van der Waals surface area contributed by atoms with Crippen LogP contribution < -0.4 is 11.1 Å². The molecule has 272 valence electrons. The molecule has 0 saturated carbocycles. The Morgan fingerprint density at radius 2 is 1.31 bits per heavy atom. The fraction of sp³-hybridized carbons (Fsp3) is 0.167. The quantitative estimate of drug-likeness (QED) is 0.0853. The first kappa shape index (κ1) is 43.9. The summed E-state index contributed by atoms with van der Waals surface area (Å²) >= 11 is 0. The van der Waals surface area contributed by atoms with Crippen LogP contribution in [0.3, 0.4) is 0 Å². The Bertz CT molecular complexity index is 2280. The fourth-order valence-corrected chi connectivity index (χ4v) is 3.62. The topological polar surface area (TPSA) is 173 Å². The van der Waals surface area contributed by atoms with Crippen molar-refractivity contribution in [2.45, 2.75) is 26.4 Å². The molecule has 0 bridgehead atoms. The van der Waals surface area contributed by atoms with Gasteiger partial charge in [0.05, 0.1) is 17.0 Å². The summed E-state index contributed by atoms with van der Waals surface area (Å²) in [7, 11) is 0. The van der Waals surface area contributed by atoms with Crippen LogP contribution in [-0.4, -0.2) is 41.1 Å². The summed E-state index contributed by atoms with van der Waals surface area (Å²) in [6.45, 7) is 7.76. The lowest BCUT2D eigenvalue weighted by Gasteiger charge is -2.37. The number of anilines is 2. The molecule has 1 amide bonds. The molecule has 0 atom stereocenters. The van der Waals surface area contributed by atoms with E-state index in [2.05, 4.69) is 129 Å². The van der Waals surface area contributed by atoms with E-state index in [1.807, 2.05) is 50.2 Å². The van der Waals surface area contributed by atoms with E-state index in [9.17, 15) is 9.90 Å². The van der Waals surface area contributed by atoms with Crippen LogP contribution in [0.4, 0.5) is 11.4 Å². The van der Waals surface area contributed by atoms with Gasteiger partial charge in [0.1, 0.15) is 0 Å². The molecule has 0 aliphatic carbocycles. The number of carbonyl (C=O) groups is 1. The van der Waals surface area contributed by atoms with Gasteiger partial charge in [-0.25, -0.2) is 0 Å². The highest BCUT2D eigenvalue weighted by Crippen LogP contribution is 2.21. The van der Waals surface area contributed by atoms with Gasteiger partial charge >= 0.3 is 0 Å². The van der Waals surface area contributed by atoms with Crippen molar-refractivity contribution >= 4 is 23.4 Å². The van der Waals surface area contributed by atoms with Gasteiger partial charge in [0.2, 0.25) is 0 Å². The van der Waals surface area contributed by atoms with Crippen LogP contribution in [-0.2, 0) is 0 Å². The number of nitrogens with one attached hydrogen (secondary N) is 2. The van der Waals surface area contributed by atoms with E-state index in [1.54, 1.807) is 24.0 Å². The Kier molecular flexibility index (Phi) is 23.6. The second-order valence-electron chi connectivity index (χ2n) is 10.0. The number of amides is 1. The summed E-state index contributed by atoms with van der Waals surface area (Å²) in [5.74, 6) is 46.7. The number of nitrogens with two attached hydrogens (primary N) is 1. The maximum absolute atomic E-state index is 12.3. The van der Waals surface area contributed by atoms with Crippen molar-refractivity contribution in [3.05, 3.63) is 85.6 Å². The summed E-state index contributed by atoms with van der Waals surface area (Å²) < 4.78 is 0. The predicted octanol–water partition coefficient (Wildman–Crippen LogP) is 7.06. The Labute approximate surface area is 319 Å². The van der Waals surface area contributed by atoms with Crippen LogP contribution in [0.15, 0.2) is 54.1 Å². The standard InChI is InChI=1S/C21H25N3O2.C21H4.HN3.O2.10H2/c1-21(2,26)14-24-12-16(13-24)11-15-7-9-17(10-8-15)20(25)23-19-6-4-3-5-18(19)22;1-3-5-7-9-11-13-15-17-19-21-20-18-16-14-12-10-8-6-4-2;1-3-2;1-2;;;;;;;;;;/h3-11,26H,12-14,22H2,1-2H3,(H,23,25);1H,2H3;1H;;10*1H. The molecule has 0 aromatic heterocycles. The molecule has 2 aromatic rings. The minimum atomic E-state index is -0.664. The monoisotopic (exact) mass is 702 g/mol. The summed E-state index contributed by atoms with van der Waals surface area (Å²) in [6, 6.07) is 14.7. The van der Waals surface area contributed by atoms with Crippen molar-refractivity contribution in [3.63, 3.8) is 0 Å². The van der Waals surface area contributed by atoms with Gasteiger partial charge in [0.15, 0.2) is 0 Å². The first-order chi connectivity index (χ1) is 25.1. The zero-order valence-electron chi connectivity index (χ0n) is 28.5. The van der Waals surface area contributed by atoms with Crippen LogP contribution in [0.25, 0.3) is 16.5 Å². The molecule has 1 saturated heterocycles. The predicted molar refractivity (Wildman–Crippen MR) is 228 cm³/mol. The zero-order chi connectivity index (χ0) is 38.9. The second kappa shape index (κ2) is 27.9. The fourth-order valence-electron chi connectivity index (χ4n) is 3.62. The van der Waals surface area contributed by atoms with E-state index in [1.165, 1.54) is 5.57 Å². The van der Waals surface area contributed by atoms with E-state index in [4.69, 9.17) is 33.1 Å². The van der Waals surface area contributed by atoms with E-state index in [0.29, 0.717) is 23.5 Å². The lowest BCUT2D eigenvalue weighted by atomic mass is 10.0. The number of para-hydroxylation sites is 2. The molecule has 10 nitrogen and oxygen atoms in total. The van der Waals surface area contributed by atoms with E-state index in [0.717, 1.165) is 18.7 Å². The van der Waals surface area contributed by atoms with Gasteiger partial charge in [-0.05, 0) is 161 Å². The summed E-state index contributed by atoms with van der Waals surface area (Å²) in [6.07, 6.45) is 7.04. The number of rotatable bonds is 5. The number of β-amino-alcohol motifs (C(OH)–C–C–N with tert-alkyl or cyclic N) is 1. The van der Waals surface area contributed by atoms with Gasteiger partial charge in [0.25, 0.3) is 5.91 Å². The van der Waals surface area contributed by atoms with Crippen molar-refractivity contribution in [1.29, 1.82) is 5.53 Å². The molecule has 52 heavy (non-hydrogen) atoms. The van der Waals surface area contributed by atoms with Crippen molar-refractivity contribution in [2.75, 3.05) is 30.7 Å². The lowest BCUT2D eigenvalue weighted by molar-refractivity contribution is 0.0305. The molecule has 2 aromatic carbocycles. The number of nitrogens with zero attached hydrogens (tertiary/aromatic N) is 3. The minimum absolute atomic E-state index is 0. The van der Waals surface area contributed by atoms with E-state index >= 15 is 0 Å². The van der Waals surface area contributed by atoms with Crippen LogP contribution in [0.5, 0.6) is 0 Å². The lowest BCUT2D eigenvalue weighted by Crippen LogP contribution is -2.47. The molecule has 0 unspecified atom stereocenters. The summed E-state index contributed by atoms with van der Waals surface area (Å²) in [4.78, 5) is 30.3. The highest BCUT2D eigenvalue weighted by atomic mass is 16.7. The number of likely N-dealkylation sites (tertiary alicyclic amines) is 1. The summed E-state index contributed by atoms with van der Waals surface area (Å²) in [5, 5.41) is 12.7. The highest BCUT2D eigenvalue weighted by Gasteiger charge is 2.25. The molecule has 1 heterocycles. The van der Waals surface area contributed by atoms with E-state index < -0.39 is 5.60 Å². The first-order valence-electron chi connectivity index (χ1n) is 14.6. The smallest absolute Gasteiger partial charge is 0.255 e. The molecule has 1 aliphatic rings. The van der Waals surface area contributed by atoms with Crippen molar-refractivity contribution in [1.82, 2.24) is 4.90 Å². The number of aliphatic hydroxyl groups is 1. The summed E-state index contributed by atoms with van der Waals surface area (Å²) in [5.41, 5.74) is 21.6. The molecule has 5 N–H and O–H groups in total. The Hall–Kier alpha value is -8.12. The molecule has 1 aliphatic heterocycles. The average molecular weight is 703 g/mol. The van der Waals surface area contributed by atoms with Crippen LogP contribution in [0, 0.1) is 134 Å². The number of terminal acetylenes is 1. The Balaban J connectivity index is -0.0000000746. The van der Waals surface area contributed by atoms with Crippen molar-refractivity contribution < 1.29 is 24.2 Å². The maximum Gasteiger partial charge on any atom is 0.255 e. The maximum atomic E-state index is 12.3. The van der Waals surface area contributed by atoms with Crippen molar-refractivity contribution in [3.8, 4) is 119 Å². The van der Waals surface area contributed by atoms with Crippen LogP contribution >= 0.6 is 0 Å². The highest BCUT2D eigenvalue weighted by molar-refractivity contribution is 6.05. The van der Waals surface area contributed by atoms with Gasteiger partial charge in [-0.2, -0.15) is 0 Å². The number of carbonyl (C=O) groups excluding carboxylic acids is 1. The Morgan fingerprint density at radius 1 is 0.885 bits per heavy atom. The van der Waals surface area contributed by atoms with E-state index in [-0.39, 0.29) is 20.2 Å². The van der Waals surface area contributed by atoms with Gasteiger partial charge < -0.3 is 16.2 Å². The third-order valence-electron chi connectivity index (χ3n) is 5.41. The van der Waals surface area contributed by atoms with Crippen LogP contribution in [0.2, 0.25) is 0 Å². The Morgan fingerprint density at radius 3 is 1.71 bits per heavy atom. The molecular formula is C42H50N6O4. The molecule has 1 fully saturated rings. The largest absolute Gasteiger partial charge is 0.397 e. The van der Waals surface area contributed by atoms with Gasteiger partial charge in [-0.1, -0.05) is 36.3 Å². The van der Waals surface area contributed by atoms with Crippen molar-refractivity contribution in [2.24, 2.45) is 0 Å². The number of hydrogen-bond donors (Lipinski definition) is 4. The molecule has 0 spiro atoms. The molecule has 3 rings (SSSR count). The second-order valence-corrected chi connectivity index (χ2v) is 10.0. The molecular weight excluding hydrogens is 653 g/mol. The molecule has 10 heteroatoms. The number of nitrogen functional groups attached to an aromatic ring is 1. The minimum Gasteiger partial charge on any atom is -0.397 e. The normalized spacial score (nSPS) is 9.10.